The Morgan fingerprint density at radius 3 is 2.87 bits per heavy atom. The maximum absolute atomic E-state index is 4.25. The summed E-state index contributed by atoms with van der Waals surface area (Å²) in [5.74, 6) is 0. The predicted octanol–water partition coefficient (Wildman–Crippen LogP) is 2.56. The van der Waals surface area contributed by atoms with Crippen molar-refractivity contribution in [2.75, 3.05) is 5.33 Å². The van der Waals surface area contributed by atoms with Crippen molar-refractivity contribution in [3.8, 4) is 0 Å². The molecule has 0 aliphatic heterocycles. The van der Waals surface area contributed by atoms with Gasteiger partial charge < -0.3 is 5.32 Å². The summed E-state index contributed by atoms with van der Waals surface area (Å²) in [6, 6.07) is 0.606. The summed E-state index contributed by atoms with van der Waals surface area (Å²) in [6.07, 6.45) is 6.40. The summed E-state index contributed by atoms with van der Waals surface area (Å²) >= 11 is 3.48. The molecule has 0 saturated heterocycles. The van der Waals surface area contributed by atoms with E-state index in [1.165, 1.54) is 18.4 Å². The van der Waals surface area contributed by atoms with E-state index < -0.39 is 0 Å². The first-order valence-corrected chi connectivity index (χ1v) is 6.73. The second kappa shape index (κ2) is 7.01. The largest absolute Gasteiger partial charge is 0.310 e. The molecular formula is C11H20BrN3. The highest BCUT2D eigenvalue weighted by atomic mass is 79.9. The van der Waals surface area contributed by atoms with Gasteiger partial charge in [-0.05, 0) is 19.8 Å². The normalized spacial score (nSPS) is 13.0. The first kappa shape index (κ1) is 12.7. The summed E-state index contributed by atoms with van der Waals surface area (Å²) in [5.41, 5.74) is 1.27. The topological polar surface area (TPSA) is 29.9 Å². The predicted molar refractivity (Wildman–Crippen MR) is 67.2 cm³/mol. The highest BCUT2D eigenvalue weighted by molar-refractivity contribution is 9.09. The zero-order chi connectivity index (χ0) is 11.1. The monoisotopic (exact) mass is 273 g/mol. The average Bonchev–Trinajstić information content (AvgIpc) is 2.72. The van der Waals surface area contributed by atoms with E-state index in [9.17, 15) is 0 Å². The quantitative estimate of drug-likeness (QED) is 0.774. The lowest BCUT2D eigenvalue weighted by atomic mass is 10.1. The van der Waals surface area contributed by atoms with Crippen LogP contribution >= 0.6 is 15.9 Å². The molecule has 0 fully saturated rings. The highest BCUT2D eigenvalue weighted by Crippen LogP contribution is 2.03. The number of hydrogen-bond acceptors (Lipinski definition) is 2. The molecule has 0 radical (unpaired) electrons. The minimum absolute atomic E-state index is 0.606. The van der Waals surface area contributed by atoms with Gasteiger partial charge in [0.1, 0.15) is 0 Å². The van der Waals surface area contributed by atoms with Crippen molar-refractivity contribution in [3.63, 3.8) is 0 Å². The summed E-state index contributed by atoms with van der Waals surface area (Å²) < 4.78 is 1.96. The van der Waals surface area contributed by atoms with E-state index in [1.807, 2.05) is 10.9 Å². The van der Waals surface area contributed by atoms with Crippen molar-refractivity contribution in [2.24, 2.45) is 0 Å². The second-order valence-electron chi connectivity index (χ2n) is 3.67. The maximum Gasteiger partial charge on any atom is 0.0534 e. The highest BCUT2D eigenvalue weighted by Gasteiger charge is 2.05. The van der Waals surface area contributed by atoms with E-state index in [0.717, 1.165) is 18.4 Å². The Balaban J connectivity index is 2.34. The second-order valence-corrected chi connectivity index (χ2v) is 4.46. The van der Waals surface area contributed by atoms with Crippen LogP contribution in [0.25, 0.3) is 0 Å². The first-order chi connectivity index (χ1) is 7.30. The van der Waals surface area contributed by atoms with Gasteiger partial charge in [-0.2, -0.15) is 5.10 Å². The molecule has 1 heterocycles. The van der Waals surface area contributed by atoms with Gasteiger partial charge in [0.05, 0.1) is 6.20 Å². The van der Waals surface area contributed by atoms with E-state index in [4.69, 9.17) is 0 Å². The number of nitrogens with zero attached hydrogens (tertiary/aromatic N) is 2. The number of aromatic nitrogens is 2. The summed E-state index contributed by atoms with van der Waals surface area (Å²) in [4.78, 5) is 0. The molecule has 15 heavy (non-hydrogen) atoms. The van der Waals surface area contributed by atoms with Crippen molar-refractivity contribution in [3.05, 3.63) is 18.0 Å². The molecule has 4 heteroatoms. The van der Waals surface area contributed by atoms with Crippen molar-refractivity contribution in [1.29, 1.82) is 0 Å². The van der Waals surface area contributed by atoms with Crippen LogP contribution < -0.4 is 5.32 Å². The van der Waals surface area contributed by atoms with E-state index in [0.29, 0.717) is 6.04 Å². The number of nitrogens with one attached hydrogen (secondary N) is 1. The van der Waals surface area contributed by atoms with Gasteiger partial charge in [-0.25, -0.2) is 0 Å². The fraction of sp³-hybridized carbons (Fsp3) is 0.727. The molecule has 1 rings (SSSR count). The summed E-state index contributed by atoms with van der Waals surface area (Å²) in [7, 11) is 0. The number of halogens is 1. The molecule has 0 aromatic carbocycles. The van der Waals surface area contributed by atoms with Gasteiger partial charge in [-0.1, -0.05) is 22.9 Å². The van der Waals surface area contributed by atoms with Crippen LogP contribution in [-0.2, 0) is 13.1 Å². The molecule has 1 unspecified atom stereocenters. The third kappa shape index (κ3) is 4.34. The number of hydrogen-bond donors (Lipinski definition) is 1. The Bertz CT molecular complexity index is 273. The van der Waals surface area contributed by atoms with E-state index in [-0.39, 0.29) is 0 Å². The number of rotatable bonds is 7. The molecule has 1 N–H and O–H groups in total. The van der Waals surface area contributed by atoms with Gasteiger partial charge in [0, 0.05) is 36.2 Å². The summed E-state index contributed by atoms with van der Waals surface area (Å²) in [6.45, 7) is 6.18. The minimum atomic E-state index is 0.606. The molecule has 0 amide bonds. The lowest BCUT2D eigenvalue weighted by molar-refractivity contribution is 0.488. The Morgan fingerprint density at radius 2 is 2.33 bits per heavy atom. The Hall–Kier alpha value is -0.350. The molecule has 0 aliphatic rings. The fourth-order valence-electron chi connectivity index (χ4n) is 1.52. The van der Waals surface area contributed by atoms with Gasteiger partial charge in [0.25, 0.3) is 0 Å². The SMILES string of the molecule is CCC(CCBr)NCc1cnn(CC)c1. The third-order valence-corrected chi connectivity index (χ3v) is 3.01. The van der Waals surface area contributed by atoms with Crippen LogP contribution in [0.15, 0.2) is 12.4 Å². The Kier molecular flexibility index (Phi) is 5.95. The molecule has 0 spiro atoms. The van der Waals surface area contributed by atoms with Crippen LogP contribution in [0.4, 0.5) is 0 Å². The van der Waals surface area contributed by atoms with E-state index in [2.05, 4.69) is 46.4 Å². The lowest BCUT2D eigenvalue weighted by Crippen LogP contribution is -2.28. The van der Waals surface area contributed by atoms with Gasteiger partial charge in [-0.3, -0.25) is 4.68 Å². The molecule has 0 aliphatic carbocycles. The molecule has 1 atom stereocenters. The van der Waals surface area contributed by atoms with Gasteiger partial charge in [0.15, 0.2) is 0 Å². The smallest absolute Gasteiger partial charge is 0.0534 e. The van der Waals surface area contributed by atoms with Crippen molar-refractivity contribution < 1.29 is 0 Å². The van der Waals surface area contributed by atoms with Crippen LogP contribution in [0.5, 0.6) is 0 Å². The van der Waals surface area contributed by atoms with Gasteiger partial charge >= 0.3 is 0 Å². The minimum Gasteiger partial charge on any atom is -0.310 e. The molecule has 1 aromatic heterocycles. The number of aryl methyl sites for hydroxylation is 1. The van der Waals surface area contributed by atoms with Crippen molar-refractivity contribution in [1.82, 2.24) is 15.1 Å². The van der Waals surface area contributed by atoms with Crippen LogP contribution in [-0.4, -0.2) is 21.2 Å². The van der Waals surface area contributed by atoms with Crippen LogP contribution in [0.3, 0.4) is 0 Å². The van der Waals surface area contributed by atoms with Crippen LogP contribution in [0, 0.1) is 0 Å². The van der Waals surface area contributed by atoms with Crippen molar-refractivity contribution >= 4 is 15.9 Å². The number of alkyl halides is 1. The first-order valence-electron chi connectivity index (χ1n) is 5.60. The average molecular weight is 274 g/mol. The molecule has 3 nitrogen and oxygen atoms in total. The van der Waals surface area contributed by atoms with Gasteiger partial charge in [-0.15, -0.1) is 0 Å². The van der Waals surface area contributed by atoms with Crippen LogP contribution in [0.2, 0.25) is 0 Å². The lowest BCUT2D eigenvalue weighted by Gasteiger charge is -2.14. The molecule has 86 valence electrons. The maximum atomic E-state index is 4.25. The van der Waals surface area contributed by atoms with Crippen LogP contribution in [0.1, 0.15) is 32.3 Å². The van der Waals surface area contributed by atoms with E-state index in [1.54, 1.807) is 0 Å². The fourth-order valence-corrected chi connectivity index (χ4v) is 2.07. The van der Waals surface area contributed by atoms with E-state index >= 15 is 0 Å². The Labute approximate surface area is 100 Å². The molecule has 0 bridgehead atoms. The third-order valence-electron chi connectivity index (χ3n) is 2.56. The zero-order valence-corrected chi connectivity index (χ0v) is 11.1. The summed E-state index contributed by atoms with van der Waals surface area (Å²) in [5, 5.41) is 8.85. The van der Waals surface area contributed by atoms with Crippen molar-refractivity contribution in [2.45, 2.75) is 45.8 Å². The standard InChI is InChI=1S/C11H20BrN3/c1-3-11(5-6-12)13-7-10-8-14-15(4-2)9-10/h8-9,11,13H,3-7H2,1-2H3. The molecular weight excluding hydrogens is 254 g/mol. The zero-order valence-electron chi connectivity index (χ0n) is 9.54. The van der Waals surface area contributed by atoms with Gasteiger partial charge in [0.2, 0.25) is 0 Å². The molecule has 0 saturated carbocycles. The Morgan fingerprint density at radius 1 is 1.53 bits per heavy atom. The molecule has 1 aromatic rings.